The fraction of sp³-hybridized carbons (Fsp3) is 0.375. The molecular formula is C24H29FN4O5S. The summed E-state index contributed by atoms with van der Waals surface area (Å²) in [5.41, 5.74) is 0.814. The Morgan fingerprint density at radius 3 is 2.20 bits per heavy atom. The molecule has 0 aromatic heterocycles. The summed E-state index contributed by atoms with van der Waals surface area (Å²) in [5.74, 6) is -1.57. The van der Waals surface area contributed by atoms with Gasteiger partial charge in [0.1, 0.15) is 11.9 Å². The van der Waals surface area contributed by atoms with Crippen molar-refractivity contribution in [1.82, 2.24) is 14.9 Å². The fourth-order valence-electron chi connectivity index (χ4n) is 3.94. The van der Waals surface area contributed by atoms with Crippen LogP contribution in [0.3, 0.4) is 0 Å². The average Bonchev–Trinajstić information content (AvgIpc) is 2.80. The number of piperidine rings is 1. The van der Waals surface area contributed by atoms with Crippen molar-refractivity contribution < 1.29 is 27.2 Å². The van der Waals surface area contributed by atoms with Crippen LogP contribution in [0.5, 0.6) is 0 Å². The van der Waals surface area contributed by atoms with Gasteiger partial charge < -0.3 is 16.0 Å². The maximum absolute atomic E-state index is 14.1. The Hall–Kier alpha value is -3.31. The Morgan fingerprint density at radius 1 is 1.00 bits per heavy atom. The first kappa shape index (κ1) is 26.3. The van der Waals surface area contributed by atoms with E-state index in [0.717, 1.165) is 0 Å². The molecule has 0 saturated carbocycles. The summed E-state index contributed by atoms with van der Waals surface area (Å²) in [4.78, 5) is 35.7. The third kappa shape index (κ3) is 7.09. The third-order valence-electron chi connectivity index (χ3n) is 5.69. The molecule has 1 aliphatic rings. The molecule has 11 heteroatoms. The number of carbonyl (C=O) groups excluding carboxylic acids is 3. The van der Waals surface area contributed by atoms with Crippen molar-refractivity contribution in [2.45, 2.75) is 50.1 Å². The van der Waals surface area contributed by atoms with Gasteiger partial charge in [-0.25, -0.2) is 12.8 Å². The Bertz CT molecular complexity index is 1180. The summed E-state index contributed by atoms with van der Waals surface area (Å²) in [6.45, 7) is 3.07. The van der Waals surface area contributed by atoms with E-state index in [-0.39, 0.29) is 36.4 Å². The molecule has 3 N–H and O–H groups in total. The lowest BCUT2D eigenvalue weighted by molar-refractivity contribution is -0.128. The van der Waals surface area contributed by atoms with Crippen LogP contribution >= 0.6 is 0 Å². The molecule has 188 valence electrons. The zero-order valence-electron chi connectivity index (χ0n) is 19.6. The van der Waals surface area contributed by atoms with Gasteiger partial charge in [-0.15, -0.1) is 0 Å². The van der Waals surface area contributed by atoms with E-state index in [2.05, 4.69) is 16.0 Å². The molecule has 1 fully saturated rings. The molecule has 3 rings (SSSR count). The largest absolute Gasteiger partial charge is 0.351 e. The van der Waals surface area contributed by atoms with E-state index >= 15 is 0 Å². The molecule has 2 aromatic carbocycles. The standard InChI is InChI=1S/C24H29FN4O5S/c1-16(30)26-19-7-9-21(10-8-19)35(33,34)29-13-11-20(12-14-29)28-24(32)23(27-17(2)31)15-18-5-3-4-6-22(18)25/h3-10,20,23H,11-15H2,1-2H3,(H,26,30)(H,27,31)(H,28,32). The maximum Gasteiger partial charge on any atom is 0.243 e. The van der Waals surface area contributed by atoms with Crippen LogP contribution in [0.2, 0.25) is 0 Å². The minimum atomic E-state index is -3.73. The smallest absolute Gasteiger partial charge is 0.243 e. The second-order valence-electron chi connectivity index (χ2n) is 8.44. The zero-order valence-corrected chi connectivity index (χ0v) is 20.4. The first-order valence-electron chi connectivity index (χ1n) is 11.2. The van der Waals surface area contributed by atoms with E-state index in [4.69, 9.17) is 0 Å². The van der Waals surface area contributed by atoms with Gasteiger partial charge >= 0.3 is 0 Å². The quantitative estimate of drug-likeness (QED) is 0.506. The molecule has 0 bridgehead atoms. The Kier molecular flexibility index (Phi) is 8.57. The van der Waals surface area contributed by atoms with Crippen LogP contribution in [0.4, 0.5) is 10.1 Å². The van der Waals surface area contributed by atoms with Gasteiger partial charge in [-0.3, -0.25) is 14.4 Å². The predicted molar refractivity (Wildman–Crippen MR) is 128 cm³/mol. The molecular weight excluding hydrogens is 475 g/mol. The minimum absolute atomic E-state index is 0.000207. The normalized spacial score (nSPS) is 15.7. The number of halogens is 1. The lowest BCUT2D eigenvalue weighted by Crippen LogP contribution is -2.53. The molecule has 0 radical (unpaired) electrons. The number of anilines is 1. The van der Waals surface area contributed by atoms with Crippen molar-refractivity contribution in [3.05, 3.63) is 59.9 Å². The van der Waals surface area contributed by atoms with Gasteiger partial charge in [-0.2, -0.15) is 4.31 Å². The van der Waals surface area contributed by atoms with Crippen molar-refractivity contribution >= 4 is 33.4 Å². The molecule has 3 amide bonds. The van der Waals surface area contributed by atoms with Gasteiger partial charge in [-0.05, 0) is 48.7 Å². The highest BCUT2D eigenvalue weighted by molar-refractivity contribution is 7.89. The van der Waals surface area contributed by atoms with Crippen molar-refractivity contribution in [1.29, 1.82) is 0 Å². The minimum Gasteiger partial charge on any atom is -0.351 e. The molecule has 0 spiro atoms. The van der Waals surface area contributed by atoms with Crippen molar-refractivity contribution in [3.8, 4) is 0 Å². The highest BCUT2D eigenvalue weighted by atomic mass is 32.2. The van der Waals surface area contributed by atoms with E-state index in [0.29, 0.717) is 24.1 Å². The van der Waals surface area contributed by atoms with Gasteiger partial charge in [0.25, 0.3) is 0 Å². The van der Waals surface area contributed by atoms with Crippen LogP contribution in [-0.2, 0) is 30.8 Å². The van der Waals surface area contributed by atoms with E-state index in [1.54, 1.807) is 18.2 Å². The first-order chi connectivity index (χ1) is 16.6. The van der Waals surface area contributed by atoms with E-state index < -0.39 is 33.7 Å². The van der Waals surface area contributed by atoms with Crippen LogP contribution in [0, 0.1) is 5.82 Å². The van der Waals surface area contributed by atoms with Crippen molar-refractivity contribution in [2.24, 2.45) is 0 Å². The number of sulfonamides is 1. The Morgan fingerprint density at radius 2 is 1.63 bits per heavy atom. The molecule has 1 aliphatic heterocycles. The first-order valence-corrected chi connectivity index (χ1v) is 12.7. The number of hydrogen-bond donors (Lipinski definition) is 3. The second kappa shape index (κ2) is 11.4. The third-order valence-corrected chi connectivity index (χ3v) is 7.60. The molecule has 1 unspecified atom stereocenters. The molecule has 2 aromatic rings. The summed E-state index contributed by atoms with van der Waals surface area (Å²) in [6, 6.07) is 10.8. The van der Waals surface area contributed by atoms with Crippen LogP contribution in [0.15, 0.2) is 53.4 Å². The van der Waals surface area contributed by atoms with E-state index in [1.165, 1.54) is 48.5 Å². The maximum atomic E-state index is 14.1. The van der Waals surface area contributed by atoms with Crippen LogP contribution in [0.1, 0.15) is 32.3 Å². The highest BCUT2D eigenvalue weighted by Gasteiger charge is 2.31. The molecule has 1 saturated heterocycles. The predicted octanol–water partition coefficient (Wildman–Crippen LogP) is 1.80. The van der Waals surface area contributed by atoms with Gasteiger partial charge in [-0.1, -0.05) is 18.2 Å². The van der Waals surface area contributed by atoms with Crippen LogP contribution in [0.25, 0.3) is 0 Å². The summed E-state index contributed by atoms with van der Waals surface area (Å²) in [6.07, 6.45) is 0.780. The summed E-state index contributed by atoms with van der Waals surface area (Å²) in [5, 5.41) is 8.02. The summed E-state index contributed by atoms with van der Waals surface area (Å²) >= 11 is 0. The van der Waals surface area contributed by atoms with E-state index in [9.17, 15) is 27.2 Å². The van der Waals surface area contributed by atoms with Crippen molar-refractivity contribution in [3.63, 3.8) is 0 Å². The van der Waals surface area contributed by atoms with E-state index in [1.807, 2.05) is 0 Å². The number of nitrogens with one attached hydrogen (secondary N) is 3. The molecule has 1 heterocycles. The monoisotopic (exact) mass is 504 g/mol. The summed E-state index contributed by atoms with van der Waals surface area (Å²) < 4.78 is 41.4. The lowest BCUT2D eigenvalue weighted by Gasteiger charge is -2.32. The topological polar surface area (TPSA) is 125 Å². The number of carbonyl (C=O) groups is 3. The molecule has 0 aliphatic carbocycles. The number of amides is 3. The lowest BCUT2D eigenvalue weighted by atomic mass is 10.0. The number of rotatable bonds is 8. The highest BCUT2D eigenvalue weighted by Crippen LogP contribution is 2.22. The van der Waals surface area contributed by atoms with Crippen molar-refractivity contribution in [2.75, 3.05) is 18.4 Å². The molecule has 35 heavy (non-hydrogen) atoms. The number of nitrogens with zero attached hydrogens (tertiary/aromatic N) is 1. The Balaban J connectivity index is 1.59. The van der Waals surface area contributed by atoms with Gasteiger partial charge in [0, 0.05) is 45.1 Å². The van der Waals surface area contributed by atoms with Gasteiger partial charge in [0.2, 0.25) is 27.7 Å². The average molecular weight is 505 g/mol. The van der Waals surface area contributed by atoms with Gasteiger partial charge in [0.05, 0.1) is 4.90 Å². The molecule has 9 nitrogen and oxygen atoms in total. The van der Waals surface area contributed by atoms with Gasteiger partial charge in [0.15, 0.2) is 0 Å². The summed E-state index contributed by atoms with van der Waals surface area (Å²) in [7, 11) is -3.73. The Labute approximate surface area is 204 Å². The van der Waals surface area contributed by atoms with Crippen LogP contribution < -0.4 is 16.0 Å². The SMILES string of the molecule is CC(=O)Nc1ccc(S(=O)(=O)N2CCC(NC(=O)C(Cc3ccccc3F)NC(C)=O)CC2)cc1. The second-order valence-corrected chi connectivity index (χ2v) is 10.4. The zero-order chi connectivity index (χ0) is 25.6. The number of benzene rings is 2. The fourth-order valence-corrected chi connectivity index (χ4v) is 5.41. The van der Waals surface area contributed by atoms with Crippen LogP contribution in [-0.4, -0.2) is 55.6 Å². The molecule has 1 atom stereocenters. The number of hydrogen-bond acceptors (Lipinski definition) is 5.